The van der Waals surface area contributed by atoms with Crippen molar-refractivity contribution in [1.82, 2.24) is 4.98 Å². The Morgan fingerprint density at radius 1 is 1.08 bits per heavy atom. The van der Waals surface area contributed by atoms with E-state index in [0.717, 1.165) is 34.0 Å². The van der Waals surface area contributed by atoms with Crippen molar-refractivity contribution in [3.63, 3.8) is 0 Å². The van der Waals surface area contributed by atoms with Gasteiger partial charge in [0.1, 0.15) is 11.6 Å². The number of rotatable bonds is 6. The molecule has 0 radical (unpaired) electrons. The van der Waals surface area contributed by atoms with Crippen LogP contribution >= 0.6 is 11.3 Å². The second kappa shape index (κ2) is 7.45. The van der Waals surface area contributed by atoms with Crippen LogP contribution in [-0.2, 0) is 11.3 Å². The van der Waals surface area contributed by atoms with Gasteiger partial charge in [0.25, 0.3) is 0 Å². The summed E-state index contributed by atoms with van der Waals surface area (Å²) < 4.78 is 6.50. The van der Waals surface area contributed by atoms with Crippen LogP contribution in [0.3, 0.4) is 0 Å². The number of ether oxygens (including phenoxy) is 1. The standard InChI is InChI=1S/C19H20N2O2S/c1-3-21(4-2)15-11-9-14(10-12-15)19(22)23-13-18-20-16-7-5-6-8-17(16)24-18/h5-12H,3-4,13H2,1-2H3. The molecule has 0 saturated heterocycles. The Morgan fingerprint density at radius 3 is 2.46 bits per heavy atom. The summed E-state index contributed by atoms with van der Waals surface area (Å²) in [6.45, 7) is 6.32. The molecule has 0 aliphatic heterocycles. The molecule has 2 aromatic carbocycles. The lowest BCUT2D eigenvalue weighted by molar-refractivity contribution is 0.0472. The van der Waals surface area contributed by atoms with Crippen molar-refractivity contribution >= 4 is 33.2 Å². The first-order chi connectivity index (χ1) is 11.7. The fraction of sp³-hybridized carbons (Fsp3) is 0.263. The van der Waals surface area contributed by atoms with Gasteiger partial charge in [0.05, 0.1) is 15.8 Å². The SMILES string of the molecule is CCN(CC)c1ccc(C(=O)OCc2nc3ccccc3s2)cc1. The maximum atomic E-state index is 12.2. The minimum atomic E-state index is -0.319. The van der Waals surface area contributed by atoms with Gasteiger partial charge < -0.3 is 9.64 Å². The largest absolute Gasteiger partial charge is 0.455 e. The monoisotopic (exact) mass is 340 g/mol. The number of carbonyl (C=O) groups excluding carboxylic acids is 1. The van der Waals surface area contributed by atoms with Crippen molar-refractivity contribution in [3.05, 3.63) is 59.1 Å². The Labute approximate surface area is 145 Å². The van der Waals surface area contributed by atoms with Crippen molar-refractivity contribution in [2.24, 2.45) is 0 Å². The third kappa shape index (κ3) is 3.57. The zero-order valence-corrected chi connectivity index (χ0v) is 14.7. The predicted octanol–water partition coefficient (Wildman–Crippen LogP) is 4.50. The van der Waals surface area contributed by atoms with E-state index in [-0.39, 0.29) is 12.6 Å². The number of fused-ring (bicyclic) bond motifs is 1. The molecule has 0 atom stereocenters. The van der Waals surface area contributed by atoms with Gasteiger partial charge in [-0.3, -0.25) is 0 Å². The van der Waals surface area contributed by atoms with Gasteiger partial charge in [0.2, 0.25) is 0 Å². The normalized spacial score (nSPS) is 10.8. The highest BCUT2D eigenvalue weighted by atomic mass is 32.1. The molecule has 0 aliphatic carbocycles. The molecule has 0 N–H and O–H groups in total. The van der Waals surface area contributed by atoms with Crippen LogP contribution in [0.1, 0.15) is 29.2 Å². The summed E-state index contributed by atoms with van der Waals surface area (Å²) in [6, 6.07) is 15.5. The summed E-state index contributed by atoms with van der Waals surface area (Å²) in [5.41, 5.74) is 2.62. The lowest BCUT2D eigenvalue weighted by Crippen LogP contribution is -2.21. The van der Waals surface area contributed by atoms with Crippen molar-refractivity contribution in [3.8, 4) is 0 Å². The summed E-state index contributed by atoms with van der Waals surface area (Å²) >= 11 is 1.55. The number of hydrogen-bond acceptors (Lipinski definition) is 5. The fourth-order valence-electron chi connectivity index (χ4n) is 2.59. The molecule has 1 heterocycles. The molecule has 3 rings (SSSR count). The summed E-state index contributed by atoms with van der Waals surface area (Å²) in [4.78, 5) is 18.9. The number of thiazole rings is 1. The van der Waals surface area contributed by atoms with E-state index in [0.29, 0.717) is 5.56 Å². The minimum Gasteiger partial charge on any atom is -0.455 e. The van der Waals surface area contributed by atoms with Gasteiger partial charge in [0, 0.05) is 18.8 Å². The van der Waals surface area contributed by atoms with E-state index in [9.17, 15) is 4.79 Å². The lowest BCUT2D eigenvalue weighted by atomic mass is 10.2. The molecule has 124 valence electrons. The Balaban J connectivity index is 1.64. The molecule has 3 aromatic rings. The third-order valence-electron chi connectivity index (χ3n) is 3.90. The Bertz CT molecular complexity index is 790. The van der Waals surface area contributed by atoms with Crippen molar-refractivity contribution in [1.29, 1.82) is 0 Å². The van der Waals surface area contributed by atoms with Gasteiger partial charge in [0.15, 0.2) is 0 Å². The molecule has 0 spiro atoms. The summed E-state index contributed by atoms with van der Waals surface area (Å²) in [6.07, 6.45) is 0. The van der Waals surface area contributed by atoms with Crippen LogP contribution in [0.4, 0.5) is 5.69 Å². The first-order valence-corrected chi connectivity index (χ1v) is 8.89. The second-order valence-electron chi connectivity index (χ2n) is 5.37. The number of benzene rings is 2. The van der Waals surface area contributed by atoms with Crippen LogP contribution in [-0.4, -0.2) is 24.0 Å². The fourth-order valence-corrected chi connectivity index (χ4v) is 3.47. The van der Waals surface area contributed by atoms with Gasteiger partial charge in [-0.15, -0.1) is 11.3 Å². The second-order valence-corrected chi connectivity index (χ2v) is 6.49. The van der Waals surface area contributed by atoms with Gasteiger partial charge in [-0.05, 0) is 50.2 Å². The lowest BCUT2D eigenvalue weighted by Gasteiger charge is -2.20. The van der Waals surface area contributed by atoms with Crippen LogP contribution < -0.4 is 4.90 Å². The topological polar surface area (TPSA) is 42.4 Å². The predicted molar refractivity (Wildman–Crippen MR) is 98.7 cm³/mol. The van der Waals surface area contributed by atoms with Crippen LogP contribution in [0.25, 0.3) is 10.2 Å². The number of esters is 1. The Kier molecular flexibility index (Phi) is 5.11. The molecule has 0 amide bonds. The third-order valence-corrected chi connectivity index (χ3v) is 4.91. The molecule has 5 heteroatoms. The average molecular weight is 340 g/mol. The van der Waals surface area contributed by atoms with E-state index in [1.54, 1.807) is 11.3 Å². The number of hydrogen-bond donors (Lipinski definition) is 0. The molecule has 0 unspecified atom stereocenters. The smallest absolute Gasteiger partial charge is 0.338 e. The number of para-hydroxylation sites is 1. The van der Waals surface area contributed by atoms with Crippen molar-refractivity contribution in [2.45, 2.75) is 20.5 Å². The van der Waals surface area contributed by atoms with E-state index >= 15 is 0 Å². The van der Waals surface area contributed by atoms with Crippen molar-refractivity contribution in [2.75, 3.05) is 18.0 Å². The van der Waals surface area contributed by atoms with E-state index < -0.39 is 0 Å². The van der Waals surface area contributed by atoms with Gasteiger partial charge >= 0.3 is 5.97 Å². The molecule has 4 nitrogen and oxygen atoms in total. The highest BCUT2D eigenvalue weighted by Crippen LogP contribution is 2.22. The first-order valence-electron chi connectivity index (χ1n) is 8.07. The number of aromatic nitrogens is 1. The average Bonchev–Trinajstić information content (AvgIpc) is 3.04. The van der Waals surface area contributed by atoms with E-state index in [4.69, 9.17) is 4.74 Å². The molecular formula is C19H20N2O2S. The first kappa shape index (κ1) is 16.5. The number of carbonyl (C=O) groups is 1. The van der Waals surface area contributed by atoms with Crippen LogP contribution in [0.15, 0.2) is 48.5 Å². The Morgan fingerprint density at radius 2 is 1.79 bits per heavy atom. The van der Waals surface area contributed by atoms with E-state index in [1.807, 2.05) is 48.5 Å². The Hall–Kier alpha value is -2.40. The molecule has 24 heavy (non-hydrogen) atoms. The number of nitrogens with zero attached hydrogens (tertiary/aromatic N) is 2. The molecule has 1 aromatic heterocycles. The van der Waals surface area contributed by atoms with Crippen LogP contribution in [0.2, 0.25) is 0 Å². The summed E-state index contributed by atoms with van der Waals surface area (Å²) in [7, 11) is 0. The van der Waals surface area contributed by atoms with Crippen LogP contribution in [0.5, 0.6) is 0 Å². The van der Waals surface area contributed by atoms with Gasteiger partial charge in [-0.2, -0.15) is 0 Å². The minimum absolute atomic E-state index is 0.204. The number of anilines is 1. The molecular weight excluding hydrogens is 320 g/mol. The zero-order valence-electron chi connectivity index (χ0n) is 13.9. The molecule has 0 saturated carbocycles. The van der Waals surface area contributed by atoms with E-state index in [2.05, 4.69) is 23.7 Å². The zero-order chi connectivity index (χ0) is 16.9. The summed E-state index contributed by atoms with van der Waals surface area (Å²) in [5.74, 6) is -0.319. The molecule has 0 aliphatic rings. The van der Waals surface area contributed by atoms with Gasteiger partial charge in [-0.1, -0.05) is 12.1 Å². The highest BCUT2D eigenvalue weighted by molar-refractivity contribution is 7.18. The highest BCUT2D eigenvalue weighted by Gasteiger charge is 2.10. The molecule has 0 bridgehead atoms. The van der Waals surface area contributed by atoms with Gasteiger partial charge in [-0.25, -0.2) is 9.78 Å². The maximum Gasteiger partial charge on any atom is 0.338 e. The van der Waals surface area contributed by atoms with Crippen LogP contribution in [0, 0.1) is 0 Å². The van der Waals surface area contributed by atoms with Crippen molar-refractivity contribution < 1.29 is 9.53 Å². The van der Waals surface area contributed by atoms with E-state index in [1.165, 1.54) is 0 Å². The molecule has 0 fully saturated rings. The quantitative estimate of drug-likeness (QED) is 0.620. The summed E-state index contributed by atoms with van der Waals surface area (Å²) in [5, 5.41) is 0.810. The maximum absolute atomic E-state index is 12.2.